The van der Waals surface area contributed by atoms with E-state index in [4.69, 9.17) is 4.74 Å². The molecule has 0 aliphatic carbocycles. The highest BCUT2D eigenvalue weighted by Crippen LogP contribution is 2.20. The Bertz CT molecular complexity index is 247. The molecule has 0 amide bonds. The molecule has 1 heterocycles. The van der Waals surface area contributed by atoms with Gasteiger partial charge in [-0.3, -0.25) is 4.90 Å². The van der Waals surface area contributed by atoms with E-state index >= 15 is 0 Å². The standard InChI is InChI=1S/C15H30N2O/c1-6-10-17(7-2)12-14-9-8-13(18-14)11-16-15(3,4)5/h6,13-14,16H,1,7-12H2,2-5H3. The summed E-state index contributed by atoms with van der Waals surface area (Å²) < 4.78 is 6.10. The summed E-state index contributed by atoms with van der Waals surface area (Å²) >= 11 is 0. The van der Waals surface area contributed by atoms with Crippen molar-refractivity contribution in [2.45, 2.75) is 58.3 Å². The second kappa shape index (κ2) is 7.27. The van der Waals surface area contributed by atoms with Gasteiger partial charge in [-0.25, -0.2) is 0 Å². The van der Waals surface area contributed by atoms with E-state index in [2.05, 4.69) is 44.5 Å². The zero-order valence-electron chi connectivity index (χ0n) is 12.5. The van der Waals surface area contributed by atoms with Crippen molar-refractivity contribution in [2.75, 3.05) is 26.2 Å². The van der Waals surface area contributed by atoms with E-state index in [-0.39, 0.29) is 5.54 Å². The van der Waals surface area contributed by atoms with Gasteiger partial charge in [-0.2, -0.15) is 0 Å². The Balaban J connectivity index is 2.26. The summed E-state index contributed by atoms with van der Waals surface area (Å²) in [5.41, 5.74) is 0.180. The SMILES string of the molecule is C=CCN(CC)CC1CCC(CNC(C)(C)C)O1. The van der Waals surface area contributed by atoms with Crippen molar-refractivity contribution < 1.29 is 4.74 Å². The first kappa shape index (κ1) is 15.7. The Hall–Kier alpha value is -0.380. The van der Waals surface area contributed by atoms with Gasteiger partial charge in [0, 0.05) is 25.2 Å². The third kappa shape index (κ3) is 5.98. The van der Waals surface area contributed by atoms with Crippen LogP contribution >= 0.6 is 0 Å². The highest BCUT2D eigenvalue weighted by atomic mass is 16.5. The van der Waals surface area contributed by atoms with E-state index in [0.29, 0.717) is 12.2 Å². The average Bonchev–Trinajstić information content (AvgIpc) is 2.73. The minimum atomic E-state index is 0.180. The molecule has 18 heavy (non-hydrogen) atoms. The molecule has 0 aromatic carbocycles. The molecule has 2 atom stereocenters. The second-order valence-corrected chi connectivity index (χ2v) is 6.23. The molecule has 3 heteroatoms. The third-order valence-corrected chi connectivity index (χ3v) is 3.35. The highest BCUT2D eigenvalue weighted by molar-refractivity contribution is 4.82. The number of likely N-dealkylation sites (N-methyl/N-ethyl adjacent to an activating group) is 1. The molecule has 0 radical (unpaired) electrons. The van der Waals surface area contributed by atoms with Crippen LogP contribution in [0, 0.1) is 0 Å². The maximum Gasteiger partial charge on any atom is 0.0707 e. The van der Waals surface area contributed by atoms with E-state index in [1.165, 1.54) is 12.8 Å². The van der Waals surface area contributed by atoms with Gasteiger partial charge in [0.2, 0.25) is 0 Å². The highest BCUT2D eigenvalue weighted by Gasteiger charge is 2.27. The van der Waals surface area contributed by atoms with E-state index < -0.39 is 0 Å². The van der Waals surface area contributed by atoms with Gasteiger partial charge < -0.3 is 10.1 Å². The lowest BCUT2D eigenvalue weighted by Gasteiger charge is -2.25. The molecule has 1 saturated heterocycles. The Morgan fingerprint density at radius 1 is 1.33 bits per heavy atom. The number of hydrogen-bond acceptors (Lipinski definition) is 3. The van der Waals surface area contributed by atoms with Crippen molar-refractivity contribution in [3.05, 3.63) is 12.7 Å². The number of ether oxygens (including phenoxy) is 1. The molecule has 0 aromatic rings. The molecule has 1 N–H and O–H groups in total. The van der Waals surface area contributed by atoms with Gasteiger partial charge in [0.1, 0.15) is 0 Å². The lowest BCUT2D eigenvalue weighted by molar-refractivity contribution is 0.0237. The van der Waals surface area contributed by atoms with Crippen LogP contribution in [0.3, 0.4) is 0 Å². The fraction of sp³-hybridized carbons (Fsp3) is 0.867. The minimum absolute atomic E-state index is 0.180. The fourth-order valence-corrected chi connectivity index (χ4v) is 2.29. The summed E-state index contributed by atoms with van der Waals surface area (Å²) in [4.78, 5) is 2.39. The predicted octanol–water partition coefficient (Wildman–Crippen LogP) is 2.43. The minimum Gasteiger partial charge on any atom is -0.372 e. The summed E-state index contributed by atoms with van der Waals surface area (Å²) in [7, 11) is 0. The Labute approximate surface area is 113 Å². The Morgan fingerprint density at radius 2 is 2.00 bits per heavy atom. The van der Waals surface area contributed by atoms with Gasteiger partial charge in [-0.1, -0.05) is 13.0 Å². The molecule has 1 rings (SSSR count). The summed E-state index contributed by atoms with van der Waals surface area (Å²) in [6.07, 6.45) is 5.12. The van der Waals surface area contributed by atoms with Crippen LogP contribution in [0.2, 0.25) is 0 Å². The molecule has 0 saturated carbocycles. The van der Waals surface area contributed by atoms with E-state index in [1.807, 2.05) is 6.08 Å². The summed E-state index contributed by atoms with van der Waals surface area (Å²) in [6, 6.07) is 0. The van der Waals surface area contributed by atoms with Crippen molar-refractivity contribution in [3.8, 4) is 0 Å². The molecule has 0 spiro atoms. The van der Waals surface area contributed by atoms with Gasteiger partial charge in [0.05, 0.1) is 12.2 Å². The number of rotatable bonds is 7. The quantitative estimate of drug-likeness (QED) is 0.706. The van der Waals surface area contributed by atoms with Gasteiger partial charge in [-0.05, 0) is 40.2 Å². The van der Waals surface area contributed by atoms with E-state index in [9.17, 15) is 0 Å². The van der Waals surface area contributed by atoms with Gasteiger partial charge in [0.15, 0.2) is 0 Å². The van der Waals surface area contributed by atoms with Crippen molar-refractivity contribution in [1.82, 2.24) is 10.2 Å². The van der Waals surface area contributed by atoms with Crippen LogP contribution < -0.4 is 5.32 Å². The Morgan fingerprint density at radius 3 is 2.56 bits per heavy atom. The third-order valence-electron chi connectivity index (χ3n) is 3.35. The topological polar surface area (TPSA) is 24.5 Å². The zero-order chi connectivity index (χ0) is 13.6. The van der Waals surface area contributed by atoms with E-state index in [0.717, 1.165) is 26.2 Å². The first-order valence-corrected chi connectivity index (χ1v) is 7.18. The normalized spacial score (nSPS) is 24.7. The molecular formula is C15H30N2O. The lowest BCUT2D eigenvalue weighted by Crippen LogP contribution is -2.41. The number of nitrogens with one attached hydrogen (secondary N) is 1. The lowest BCUT2D eigenvalue weighted by atomic mass is 10.1. The average molecular weight is 254 g/mol. The molecule has 2 unspecified atom stereocenters. The summed E-state index contributed by atoms with van der Waals surface area (Å²) in [5, 5.41) is 3.52. The summed E-state index contributed by atoms with van der Waals surface area (Å²) in [5.74, 6) is 0. The zero-order valence-corrected chi connectivity index (χ0v) is 12.5. The molecule has 0 bridgehead atoms. The monoisotopic (exact) mass is 254 g/mol. The molecule has 1 fully saturated rings. The molecule has 1 aliphatic heterocycles. The van der Waals surface area contributed by atoms with Crippen LogP contribution in [-0.4, -0.2) is 48.8 Å². The van der Waals surface area contributed by atoms with Crippen LogP contribution in [0.1, 0.15) is 40.5 Å². The maximum atomic E-state index is 6.10. The molecule has 106 valence electrons. The van der Waals surface area contributed by atoms with Crippen molar-refractivity contribution >= 4 is 0 Å². The van der Waals surface area contributed by atoms with Crippen molar-refractivity contribution in [1.29, 1.82) is 0 Å². The predicted molar refractivity (Wildman–Crippen MR) is 78.0 cm³/mol. The van der Waals surface area contributed by atoms with Crippen molar-refractivity contribution in [3.63, 3.8) is 0 Å². The molecule has 0 aromatic heterocycles. The fourth-order valence-electron chi connectivity index (χ4n) is 2.29. The van der Waals surface area contributed by atoms with Crippen molar-refractivity contribution in [2.24, 2.45) is 0 Å². The van der Waals surface area contributed by atoms with E-state index in [1.54, 1.807) is 0 Å². The maximum absolute atomic E-state index is 6.10. The van der Waals surface area contributed by atoms with Crippen LogP contribution in [0.15, 0.2) is 12.7 Å². The van der Waals surface area contributed by atoms with Gasteiger partial charge in [-0.15, -0.1) is 6.58 Å². The first-order valence-electron chi connectivity index (χ1n) is 7.18. The number of nitrogens with zero attached hydrogens (tertiary/aromatic N) is 1. The largest absolute Gasteiger partial charge is 0.372 e. The van der Waals surface area contributed by atoms with Crippen LogP contribution in [0.4, 0.5) is 0 Å². The summed E-state index contributed by atoms with van der Waals surface area (Å²) in [6.45, 7) is 16.6. The van der Waals surface area contributed by atoms with Crippen LogP contribution in [-0.2, 0) is 4.74 Å². The molecule has 3 nitrogen and oxygen atoms in total. The molecular weight excluding hydrogens is 224 g/mol. The number of hydrogen-bond donors (Lipinski definition) is 1. The molecule has 1 aliphatic rings. The Kier molecular flexibility index (Phi) is 6.33. The smallest absolute Gasteiger partial charge is 0.0707 e. The van der Waals surface area contributed by atoms with Crippen LogP contribution in [0.25, 0.3) is 0 Å². The van der Waals surface area contributed by atoms with Crippen LogP contribution in [0.5, 0.6) is 0 Å². The second-order valence-electron chi connectivity index (χ2n) is 6.23. The first-order chi connectivity index (χ1) is 8.44. The van der Waals surface area contributed by atoms with Gasteiger partial charge >= 0.3 is 0 Å². The van der Waals surface area contributed by atoms with Gasteiger partial charge in [0.25, 0.3) is 0 Å².